The van der Waals surface area contributed by atoms with Gasteiger partial charge in [-0.15, -0.1) is 11.8 Å². The molecule has 3 rings (SSSR count). The Bertz CT molecular complexity index is 895. The van der Waals surface area contributed by atoms with Crippen molar-refractivity contribution in [2.75, 3.05) is 44.3 Å². The molecule has 0 atom stereocenters. The molecular weight excluding hydrogens is 402 g/mol. The van der Waals surface area contributed by atoms with Crippen LogP contribution in [-0.4, -0.2) is 58.1 Å². The van der Waals surface area contributed by atoms with Crippen molar-refractivity contribution in [3.8, 4) is 0 Å². The third kappa shape index (κ3) is 4.77. The van der Waals surface area contributed by atoms with E-state index >= 15 is 0 Å². The molecule has 0 radical (unpaired) electrons. The second-order valence-corrected chi connectivity index (χ2v) is 10.8. The van der Waals surface area contributed by atoms with Gasteiger partial charge in [0.25, 0.3) is 5.11 Å². The highest BCUT2D eigenvalue weighted by atomic mass is 32.2. The van der Waals surface area contributed by atoms with Gasteiger partial charge in [0, 0.05) is 29.6 Å². The Hall–Kier alpha value is -1.19. The number of hydrogen-bond acceptors (Lipinski definition) is 4. The zero-order valence-electron chi connectivity index (χ0n) is 18.5. The van der Waals surface area contributed by atoms with Gasteiger partial charge in [0.15, 0.2) is 0 Å². The van der Waals surface area contributed by atoms with Crippen LogP contribution in [0.3, 0.4) is 0 Å². The van der Waals surface area contributed by atoms with Crippen LogP contribution in [0, 0.1) is 5.21 Å². The van der Waals surface area contributed by atoms with Crippen molar-refractivity contribution in [1.29, 1.82) is 0 Å². The molecule has 8 heteroatoms. The first-order valence-corrected chi connectivity index (χ1v) is 11.8. The summed E-state index contributed by atoms with van der Waals surface area (Å²) in [5.41, 5.74) is 3.15. The number of fused-ring (bicyclic) bond motifs is 1. The smallest absolute Gasteiger partial charge is 0.274 e. The lowest BCUT2D eigenvalue weighted by Gasteiger charge is -2.40. The van der Waals surface area contributed by atoms with Gasteiger partial charge >= 0.3 is 0 Å². The van der Waals surface area contributed by atoms with E-state index in [1.54, 1.807) is 0 Å². The minimum absolute atomic E-state index is 0.0214. The Kier molecular flexibility index (Phi) is 6.60. The summed E-state index contributed by atoms with van der Waals surface area (Å²) in [4.78, 5) is 6.11. The second kappa shape index (κ2) is 8.51. The lowest BCUT2D eigenvalue weighted by Crippen LogP contribution is -3.11. The monoisotopic (exact) mass is 436 g/mol. The van der Waals surface area contributed by atoms with Gasteiger partial charge in [-0.3, -0.25) is 4.48 Å². The van der Waals surface area contributed by atoms with Gasteiger partial charge < -0.3 is 20.2 Å². The minimum Gasteiger partial charge on any atom is -0.634 e. The SMILES string of the molecule is CCCSc1cc2nc(C(C)(C)C)n(C)c2cc1NC(=S)[N+]1(C)CC[NH+]([O-])CC1. The first-order valence-electron chi connectivity index (χ1n) is 10.4. The normalized spacial score (nSPS) is 22.8. The van der Waals surface area contributed by atoms with Gasteiger partial charge in [-0.25, -0.2) is 4.98 Å². The molecule has 2 heterocycles. The maximum absolute atomic E-state index is 11.7. The van der Waals surface area contributed by atoms with E-state index in [0.29, 0.717) is 22.6 Å². The largest absolute Gasteiger partial charge is 0.634 e. The molecule has 1 fully saturated rings. The number of quaternary nitrogens is 2. The molecule has 1 aromatic heterocycles. The van der Waals surface area contributed by atoms with Crippen LogP contribution in [0.2, 0.25) is 0 Å². The van der Waals surface area contributed by atoms with Crippen LogP contribution in [0.15, 0.2) is 17.0 Å². The number of imidazole rings is 1. The third-order valence-corrected chi connectivity index (χ3v) is 7.42. The predicted molar refractivity (Wildman–Crippen MR) is 127 cm³/mol. The topological polar surface area (TPSA) is 57.3 Å². The van der Waals surface area contributed by atoms with Crippen molar-refractivity contribution >= 4 is 45.8 Å². The predicted octanol–water partition coefficient (Wildman–Crippen LogP) is 2.91. The number of hydrogen-bond donors (Lipinski definition) is 2. The van der Waals surface area contributed by atoms with Crippen LogP contribution in [0.25, 0.3) is 11.0 Å². The van der Waals surface area contributed by atoms with E-state index in [9.17, 15) is 5.21 Å². The number of thioether (sulfide) groups is 1. The molecule has 0 spiro atoms. The molecule has 0 unspecified atom stereocenters. The molecule has 1 saturated heterocycles. The number of anilines is 1. The highest BCUT2D eigenvalue weighted by Gasteiger charge is 2.34. The lowest BCUT2D eigenvalue weighted by molar-refractivity contribution is -0.950. The van der Waals surface area contributed by atoms with E-state index in [-0.39, 0.29) is 5.41 Å². The summed E-state index contributed by atoms with van der Waals surface area (Å²) in [5.74, 6) is 2.12. The summed E-state index contributed by atoms with van der Waals surface area (Å²) in [6.07, 6.45) is 1.11. The first-order chi connectivity index (χ1) is 13.5. The zero-order valence-corrected chi connectivity index (χ0v) is 20.1. The van der Waals surface area contributed by atoms with Crippen molar-refractivity contribution in [3.63, 3.8) is 0 Å². The summed E-state index contributed by atoms with van der Waals surface area (Å²) in [6.45, 7) is 11.5. The number of nitrogens with zero attached hydrogens (tertiary/aromatic N) is 3. The van der Waals surface area contributed by atoms with Crippen LogP contribution in [0.1, 0.15) is 39.9 Å². The Morgan fingerprint density at radius 2 is 2.00 bits per heavy atom. The fourth-order valence-electron chi connectivity index (χ4n) is 3.75. The van der Waals surface area contributed by atoms with Crippen molar-refractivity contribution < 1.29 is 9.55 Å². The number of nitrogens with one attached hydrogen (secondary N) is 2. The van der Waals surface area contributed by atoms with Crippen LogP contribution >= 0.6 is 24.0 Å². The maximum Gasteiger partial charge on any atom is 0.274 e. The van der Waals surface area contributed by atoms with Gasteiger partial charge in [0.2, 0.25) is 0 Å². The molecule has 1 aromatic carbocycles. The third-order valence-electron chi connectivity index (χ3n) is 5.61. The van der Waals surface area contributed by atoms with Crippen molar-refractivity contribution in [3.05, 3.63) is 23.2 Å². The summed E-state index contributed by atoms with van der Waals surface area (Å²) in [5, 5.41) is 16.4. The zero-order chi connectivity index (χ0) is 21.4. The molecule has 2 aromatic rings. The second-order valence-electron chi connectivity index (χ2n) is 9.24. The van der Waals surface area contributed by atoms with Gasteiger partial charge in [0.1, 0.15) is 32.0 Å². The van der Waals surface area contributed by atoms with Crippen LogP contribution in [0.4, 0.5) is 5.69 Å². The lowest BCUT2D eigenvalue weighted by atomic mass is 9.96. The number of hydroxylamine groups is 2. The fraction of sp³-hybridized carbons (Fsp3) is 0.619. The average molecular weight is 437 g/mol. The molecule has 0 aliphatic carbocycles. The number of benzene rings is 1. The fourth-order valence-corrected chi connectivity index (χ4v) is 4.93. The maximum atomic E-state index is 11.7. The molecule has 29 heavy (non-hydrogen) atoms. The molecule has 0 bridgehead atoms. The number of likely N-dealkylation sites (N-methyl/N-ethyl adjacent to an activating group) is 1. The van der Waals surface area contributed by atoms with E-state index in [1.165, 1.54) is 4.90 Å². The number of aromatic nitrogens is 2. The van der Waals surface area contributed by atoms with Crippen LogP contribution in [-0.2, 0) is 12.5 Å². The Labute approximate surface area is 183 Å². The average Bonchev–Trinajstić information content (AvgIpc) is 2.98. The van der Waals surface area contributed by atoms with Crippen molar-refractivity contribution in [2.45, 2.75) is 44.4 Å². The van der Waals surface area contributed by atoms with Gasteiger partial charge in [-0.2, -0.15) is 0 Å². The molecule has 1 aliphatic rings. The highest BCUT2D eigenvalue weighted by Crippen LogP contribution is 2.34. The number of piperazine rings is 1. The molecule has 2 N–H and O–H groups in total. The summed E-state index contributed by atoms with van der Waals surface area (Å²) < 4.78 is 2.81. The van der Waals surface area contributed by atoms with E-state index in [0.717, 1.165) is 52.9 Å². The Balaban J connectivity index is 1.98. The number of aryl methyl sites for hydroxylation is 1. The Morgan fingerprint density at radius 1 is 1.34 bits per heavy atom. The highest BCUT2D eigenvalue weighted by molar-refractivity contribution is 7.99. The van der Waals surface area contributed by atoms with Crippen molar-refractivity contribution in [1.82, 2.24) is 9.55 Å². The van der Waals surface area contributed by atoms with Gasteiger partial charge in [-0.05, 0) is 24.3 Å². The summed E-state index contributed by atoms with van der Waals surface area (Å²) in [6, 6.07) is 4.37. The molecule has 0 saturated carbocycles. The molecular formula is C21H34N5OS2+. The Morgan fingerprint density at radius 3 is 2.59 bits per heavy atom. The quantitative estimate of drug-likeness (QED) is 0.334. The number of thiocarbonyl (C=S) groups is 1. The van der Waals surface area contributed by atoms with Crippen LogP contribution < -0.4 is 10.4 Å². The molecule has 160 valence electrons. The minimum atomic E-state index is -0.0214. The van der Waals surface area contributed by atoms with E-state index in [4.69, 9.17) is 17.2 Å². The number of rotatable bonds is 4. The van der Waals surface area contributed by atoms with E-state index in [1.807, 2.05) is 11.8 Å². The molecule has 0 amide bonds. The summed E-state index contributed by atoms with van der Waals surface area (Å²) in [7, 11) is 4.21. The van der Waals surface area contributed by atoms with E-state index in [2.05, 4.69) is 63.8 Å². The molecule has 1 aliphatic heterocycles. The first kappa shape index (κ1) is 22.5. The molecule has 6 nitrogen and oxygen atoms in total. The van der Waals surface area contributed by atoms with E-state index < -0.39 is 0 Å². The standard InChI is InChI=1S/C21H33N5OS2/c1-7-12-29-18-14-15-17(24(5)19(22-15)21(2,3)4)13-16(18)23-20(28)26(6)10-8-25(27)9-11-26/h13-14,25H,7-12H2,1-6H3/p+1. The van der Waals surface area contributed by atoms with Crippen LogP contribution in [0.5, 0.6) is 0 Å². The van der Waals surface area contributed by atoms with Gasteiger partial charge in [-0.1, -0.05) is 27.7 Å². The summed E-state index contributed by atoms with van der Waals surface area (Å²) >= 11 is 7.66. The van der Waals surface area contributed by atoms with Gasteiger partial charge in [0.05, 0.1) is 23.8 Å². The van der Waals surface area contributed by atoms with Crippen molar-refractivity contribution in [2.24, 2.45) is 7.05 Å².